The number of benzene rings is 3. The maximum atomic E-state index is 12.6. The van der Waals surface area contributed by atoms with Gasteiger partial charge in [-0.2, -0.15) is 4.72 Å². The molecular formula is C25H24N6O7S. The number of nitro groups is 1. The first kappa shape index (κ1) is 27.2. The van der Waals surface area contributed by atoms with Gasteiger partial charge in [-0.15, -0.1) is 0 Å². The van der Waals surface area contributed by atoms with Gasteiger partial charge in [0.15, 0.2) is 0 Å². The molecule has 13 nitrogen and oxygen atoms in total. The third-order valence-electron chi connectivity index (χ3n) is 5.69. The van der Waals surface area contributed by atoms with Crippen LogP contribution in [0.5, 0.6) is 0 Å². The highest BCUT2D eigenvalue weighted by atomic mass is 32.2. The number of rotatable bonds is 12. The normalized spacial score (nSPS) is 12.1. The number of fused-ring (bicyclic) bond motifs is 1. The molecule has 1 heterocycles. The SMILES string of the molecule is O=C(NCC(NS(=O)(=O)c1ccccc1)C(=O)O)c1ccc(NCCc2nc3ccccc3[nH]2)c([N+](=O)[O-])c1. The topological polar surface area (TPSA) is 196 Å². The predicted octanol–water partition coefficient (Wildman–Crippen LogP) is 2.29. The first-order valence-electron chi connectivity index (χ1n) is 11.7. The van der Waals surface area contributed by atoms with Gasteiger partial charge in [-0.25, -0.2) is 13.4 Å². The largest absolute Gasteiger partial charge is 0.480 e. The number of H-pyrrole nitrogens is 1. The number of carboxylic acid groups (broad SMARTS) is 1. The van der Waals surface area contributed by atoms with Crippen molar-refractivity contribution < 1.29 is 28.0 Å². The molecule has 0 fully saturated rings. The number of anilines is 1. The van der Waals surface area contributed by atoms with Crippen LogP contribution in [0.3, 0.4) is 0 Å². The predicted molar refractivity (Wildman–Crippen MR) is 142 cm³/mol. The Morgan fingerprint density at radius 3 is 2.46 bits per heavy atom. The molecule has 0 aliphatic rings. The zero-order chi connectivity index (χ0) is 28.0. The lowest BCUT2D eigenvalue weighted by Gasteiger charge is -2.16. The molecule has 1 unspecified atom stereocenters. The number of para-hydroxylation sites is 2. The van der Waals surface area contributed by atoms with E-state index in [1.54, 1.807) is 6.07 Å². The Morgan fingerprint density at radius 1 is 1.05 bits per heavy atom. The molecule has 4 aromatic rings. The lowest BCUT2D eigenvalue weighted by Crippen LogP contribution is -2.48. The van der Waals surface area contributed by atoms with Crippen molar-refractivity contribution in [3.05, 3.63) is 94.3 Å². The molecule has 0 saturated carbocycles. The van der Waals surface area contributed by atoms with Crippen molar-refractivity contribution in [1.29, 1.82) is 0 Å². The van der Waals surface area contributed by atoms with Gasteiger partial charge in [0.05, 0.1) is 20.9 Å². The first-order chi connectivity index (χ1) is 18.6. The minimum atomic E-state index is -4.16. The van der Waals surface area contributed by atoms with Gasteiger partial charge in [-0.05, 0) is 36.4 Å². The molecule has 14 heteroatoms. The number of carbonyl (C=O) groups excluding carboxylic acids is 1. The van der Waals surface area contributed by atoms with E-state index in [0.29, 0.717) is 18.8 Å². The molecule has 0 bridgehead atoms. The average molecular weight is 553 g/mol. The molecule has 3 aromatic carbocycles. The lowest BCUT2D eigenvalue weighted by molar-refractivity contribution is -0.384. The van der Waals surface area contributed by atoms with E-state index in [-0.39, 0.29) is 21.8 Å². The summed E-state index contributed by atoms with van der Waals surface area (Å²) >= 11 is 0. The van der Waals surface area contributed by atoms with Gasteiger partial charge in [-0.1, -0.05) is 30.3 Å². The number of sulfonamides is 1. The standard InChI is InChI=1S/C25H24N6O7S/c32-24(27-15-21(25(33)34)30-39(37,38)17-6-2-1-3-7-17)16-10-11-20(22(14-16)31(35)36)26-13-12-23-28-18-8-4-5-9-19(18)29-23/h1-11,14,21,26,30H,12-13,15H2,(H,27,32)(H,28,29)(H,33,34). The number of aliphatic carboxylic acids is 1. The Bertz CT molecular complexity index is 1590. The molecule has 0 aliphatic heterocycles. The minimum Gasteiger partial charge on any atom is -0.480 e. The third kappa shape index (κ3) is 6.74. The maximum absolute atomic E-state index is 12.6. The van der Waals surface area contributed by atoms with Crippen LogP contribution in [0.4, 0.5) is 11.4 Å². The van der Waals surface area contributed by atoms with Gasteiger partial charge in [0.2, 0.25) is 10.0 Å². The van der Waals surface area contributed by atoms with Gasteiger partial charge in [-0.3, -0.25) is 19.7 Å². The van der Waals surface area contributed by atoms with Gasteiger partial charge >= 0.3 is 5.97 Å². The van der Waals surface area contributed by atoms with E-state index in [1.165, 1.54) is 36.4 Å². The summed E-state index contributed by atoms with van der Waals surface area (Å²) in [5.41, 5.74) is 1.43. The zero-order valence-electron chi connectivity index (χ0n) is 20.3. The van der Waals surface area contributed by atoms with Gasteiger partial charge in [0, 0.05) is 31.1 Å². The highest BCUT2D eigenvalue weighted by molar-refractivity contribution is 7.89. The van der Waals surface area contributed by atoms with Crippen LogP contribution < -0.4 is 15.4 Å². The monoisotopic (exact) mass is 552 g/mol. The number of nitro benzene ring substituents is 1. The molecule has 5 N–H and O–H groups in total. The number of carbonyl (C=O) groups is 2. The van der Waals surface area contributed by atoms with Crippen molar-refractivity contribution in [3.8, 4) is 0 Å². The van der Waals surface area contributed by atoms with E-state index in [2.05, 4.69) is 20.6 Å². The number of nitrogens with one attached hydrogen (secondary N) is 4. The van der Waals surface area contributed by atoms with E-state index in [1.807, 2.05) is 29.0 Å². The van der Waals surface area contributed by atoms with Crippen molar-refractivity contribution >= 4 is 44.3 Å². The van der Waals surface area contributed by atoms with Crippen LogP contribution in [0.15, 0.2) is 77.7 Å². The van der Waals surface area contributed by atoms with Crippen LogP contribution in [0.25, 0.3) is 11.0 Å². The molecule has 1 amide bonds. The number of nitrogens with zero attached hydrogens (tertiary/aromatic N) is 2. The zero-order valence-corrected chi connectivity index (χ0v) is 21.1. The van der Waals surface area contributed by atoms with Crippen molar-refractivity contribution in [1.82, 2.24) is 20.0 Å². The van der Waals surface area contributed by atoms with Crippen LogP contribution in [0.1, 0.15) is 16.2 Å². The Balaban J connectivity index is 1.39. The number of hydrogen-bond donors (Lipinski definition) is 5. The van der Waals surface area contributed by atoms with Crippen molar-refractivity contribution in [2.75, 3.05) is 18.4 Å². The van der Waals surface area contributed by atoms with Crippen LogP contribution >= 0.6 is 0 Å². The van der Waals surface area contributed by atoms with E-state index < -0.39 is 39.4 Å². The lowest BCUT2D eigenvalue weighted by atomic mass is 10.1. The summed E-state index contributed by atoms with van der Waals surface area (Å²) in [5.74, 6) is -1.61. The van der Waals surface area contributed by atoms with Crippen LogP contribution in [0, 0.1) is 10.1 Å². The molecule has 0 saturated heterocycles. The van der Waals surface area contributed by atoms with Gasteiger partial charge < -0.3 is 20.7 Å². The fourth-order valence-corrected chi connectivity index (χ4v) is 4.95. The highest BCUT2D eigenvalue weighted by Crippen LogP contribution is 2.25. The second-order valence-electron chi connectivity index (χ2n) is 8.40. The summed E-state index contributed by atoms with van der Waals surface area (Å²) < 4.78 is 27.0. The van der Waals surface area contributed by atoms with Crippen LogP contribution in [-0.4, -0.2) is 59.4 Å². The summed E-state index contributed by atoms with van der Waals surface area (Å²) in [5, 5.41) is 26.4. The summed E-state index contributed by atoms with van der Waals surface area (Å²) in [6.45, 7) is -0.264. The fourth-order valence-electron chi connectivity index (χ4n) is 3.74. The first-order valence-corrected chi connectivity index (χ1v) is 13.2. The second-order valence-corrected chi connectivity index (χ2v) is 10.1. The van der Waals surface area contributed by atoms with Gasteiger partial charge in [0.25, 0.3) is 11.6 Å². The molecule has 1 atom stereocenters. The fraction of sp³-hybridized carbons (Fsp3) is 0.160. The van der Waals surface area contributed by atoms with Crippen LogP contribution in [0.2, 0.25) is 0 Å². The Morgan fingerprint density at radius 2 is 1.77 bits per heavy atom. The van der Waals surface area contributed by atoms with Crippen molar-refractivity contribution in [2.45, 2.75) is 17.4 Å². The molecule has 39 heavy (non-hydrogen) atoms. The van der Waals surface area contributed by atoms with Crippen molar-refractivity contribution in [2.24, 2.45) is 0 Å². The summed E-state index contributed by atoms with van der Waals surface area (Å²) in [4.78, 5) is 42.8. The van der Waals surface area contributed by atoms with E-state index in [9.17, 15) is 33.2 Å². The Kier molecular flexibility index (Phi) is 8.17. The third-order valence-corrected chi connectivity index (χ3v) is 7.18. The molecular weight excluding hydrogens is 528 g/mol. The summed E-state index contributed by atoms with van der Waals surface area (Å²) in [7, 11) is -4.16. The van der Waals surface area contributed by atoms with Crippen LogP contribution in [-0.2, 0) is 21.2 Å². The number of imidazole rings is 1. The summed E-state index contributed by atoms with van der Waals surface area (Å²) in [6.07, 6.45) is 0.462. The quantitative estimate of drug-likeness (QED) is 0.129. The number of carboxylic acids is 1. The molecule has 1 aromatic heterocycles. The maximum Gasteiger partial charge on any atom is 0.323 e. The number of hydrogen-bond acceptors (Lipinski definition) is 8. The molecule has 4 rings (SSSR count). The molecule has 0 spiro atoms. The number of aromatic amines is 1. The Labute approximate surface area is 222 Å². The smallest absolute Gasteiger partial charge is 0.323 e. The van der Waals surface area contributed by atoms with E-state index >= 15 is 0 Å². The Hall–Kier alpha value is -4.82. The second kappa shape index (κ2) is 11.7. The highest BCUT2D eigenvalue weighted by Gasteiger charge is 2.26. The van der Waals surface area contributed by atoms with Gasteiger partial charge in [0.1, 0.15) is 17.6 Å². The molecule has 0 aliphatic carbocycles. The van der Waals surface area contributed by atoms with Crippen molar-refractivity contribution in [3.63, 3.8) is 0 Å². The molecule has 202 valence electrons. The molecule has 0 radical (unpaired) electrons. The minimum absolute atomic E-state index is 0.0976. The summed E-state index contributed by atoms with van der Waals surface area (Å²) in [6, 6.07) is 16.8. The van der Waals surface area contributed by atoms with E-state index in [4.69, 9.17) is 0 Å². The average Bonchev–Trinajstić information content (AvgIpc) is 3.34. The van der Waals surface area contributed by atoms with E-state index in [0.717, 1.165) is 17.1 Å². The number of aromatic nitrogens is 2. The number of amides is 1.